The van der Waals surface area contributed by atoms with E-state index in [2.05, 4.69) is 16.9 Å². The third kappa shape index (κ3) is 4.45. The van der Waals surface area contributed by atoms with Gasteiger partial charge in [-0.3, -0.25) is 4.57 Å². The summed E-state index contributed by atoms with van der Waals surface area (Å²) in [5.74, 6) is 5.76. The molecule has 0 fully saturated rings. The fraction of sp³-hybridized carbons (Fsp3) is 0.500. The summed E-state index contributed by atoms with van der Waals surface area (Å²) in [4.78, 5) is 12.2. The summed E-state index contributed by atoms with van der Waals surface area (Å²) >= 11 is 0. The zero-order chi connectivity index (χ0) is 20.2. The molecule has 27 heavy (non-hydrogen) atoms. The lowest BCUT2D eigenvalue weighted by Crippen LogP contribution is -2.27. The molecule has 7 heteroatoms. The normalized spacial score (nSPS) is 11.6. The molecule has 0 saturated heterocycles. The molecule has 0 aliphatic rings. The van der Waals surface area contributed by atoms with Crippen molar-refractivity contribution in [3.63, 3.8) is 0 Å². The van der Waals surface area contributed by atoms with Gasteiger partial charge >= 0.3 is 5.69 Å². The van der Waals surface area contributed by atoms with Crippen molar-refractivity contribution in [3.05, 3.63) is 51.2 Å². The van der Waals surface area contributed by atoms with E-state index in [1.165, 1.54) is 7.05 Å². The molecule has 0 aliphatic carbocycles. The predicted molar refractivity (Wildman–Crippen MR) is 99.9 cm³/mol. The van der Waals surface area contributed by atoms with Crippen LogP contribution in [-0.2, 0) is 18.3 Å². The standard InChI is InChI=1S/C20H25F2N3O2/c1-6-20(7-2,27-5)11-10-15-9-8-14(3)16(12-15)13-25-18(17(21)22)23-24(4)19(25)26/h8-9,12,17H,6-7,13H2,1-5H3. The summed E-state index contributed by atoms with van der Waals surface area (Å²) in [5.41, 5.74) is 1.30. The van der Waals surface area contributed by atoms with Gasteiger partial charge in [0.1, 0.15) is 5.60 Å². The first-order chi connectivity index (χ1) is 12.8. The third-order valence-corrected chi connectivity index (χ3v) is 4.88. The molecule has 1 aromatic carbocycles. The number of aromatic nitrogens is 3. The van der Waals surface area contributed by atoms with E-state index in [0.717, 1.165) is 38.8 Å². The van der Waals surface area contributed by atoms with Crippen LogP contribution in [0.3, 0.4) is 0 Å². The number of halogens is 2. The third-order valence-electron chi connectivity index (χ3n) is 4.88. The van der Waals surface area contributed by atoms with Gasteiger partial charge in [-0.2, -0.15) is 0 Å². The molecule has 0 atom stereocenters. The predicted octanol–water partition coefficient (Wildman–Crippen LogP) is 3.43. The second-order valence-electron chi connectivity index (χ2n) is 6.45. The molecular weight excluding hydrogens is 352 g/mol. The van der Waals surface area contributed by atoms with Crippen LogP contribution in [0.1, 0.15) is 55.6 Å². The maximum atomic E-state index is 13.2. The molecule has 0 amide bonds. The van der Waals surface area contributed by atoms with Crippen LogP contribution in [0, 0.1) is 18.8 Å². The number of benzene rings is 1. The minimum atomic E-state index is -2.82. The molecule has 0 spiro atoms. The van der Waals surface area contributed by atoms with Gasteiger partial charge in [-0.1, -0.05) is 31.8 Å². The number of aryl methyl sites for hydroxylation is 2. The van der Waals surface area contributed by atoms with E-state index in [-0.39, 0.29) is 6.54 Å². The molecule has 2 aromatic rings. The lowest BCUT2D eigenvalue weighted by Gasteiger charge is -2.23. The van der Waals surface area contributed by atoms with Gasteiger partial charge < -0.3 is 4.74 Å². The van der Waals surface area contributed by atoms with Gasteiger partial charge in [-0.15, -0.1) is 5.10 Å². The van der Waals surface area contributed by atoms with Crippen LogP contribution in [0.4, 0.5) is 8.78 Å². The van der Waals surface area contributed by atoms with E-state index in [1.807, 2.05) is 39.0 Å². The summed E-state index contributed by atoms with van der Waals surface area (Å²) < 4.78 is 33.9. The van der Waals surface area contributed by atoms with Crippen molar-refractivity contribution >= 4 is 0 Å². The van der Waals surface area contributed by atoms with Crippen molar-refractivity contribution in [3.8, 4) is 11.8 Å². The lowest BCUT2D eigenvalue weighted by atomic mass is 9.97. The van der Waals surface area contributed by atoms with Crippen LogP contribution < -0.4 is 5.69 Å². The number of ether oxygens (including phenoxy) is 1. The first-order valence-electron chi connectivity index (χ1n) is 8.86. The maximum Gasteiger partial charge on any atom is 0.346 e. The highest BCUT2D eigenvalue weighted by molar-refractivity contribution is 5.42. The molecule has 0 aliphatic heterocycles. The molecule has 0 bridgehead atoms. The zero-order valence-electron chi connectivity index (χ0n) is 16.3. The highest BCUT2D eigenvalue weighted by Crippen LogP contribution is 2.20. The first-order valence-corrected chi connectivity index (χ1v) is 8.86. The Morgan fingerprint density at radius 1 is 1.30 bits per heavy atom. The Balaban J connectivity index is 2.42. The van der Waals surface area contributed by atoms with Gasteiger partial charge in [0.15, 0.2) is 0 Å². The highest BCUT2D eigenvalue weighted by atomic mass is 19.3. The van der Waals surface area contributed by atoms with Gasteiger partial charge in [0, 0.05) is 19.7 Å². The first kappa shape index (κ1) is 20.8. The van der Waals surface area contributed by atoms with Gasteiger partial charge in [0.25, 0.3) is 6.43 Å². The Hall–Kier alpha value is -2.46. The van der Waals surface area contributed by atoms with Crippen LogP contribution in [0.2, 0.25) is 0 Å². The summed E-state index contributed by atoms with van der Waals surface area (Å²) in [7, 11) is 3.00. The number of hydrogen-bond donors (Lipinski definition) is 0. The van der Waals surface area contributed by atoms with E-state index < -0.39 is 23.5 Å². The lowest BCUT2D eigenvalue weighted by molar-refractivity contribution is 0.0345. The second kappa shape index (κ2) is 8.49. The number of nitrogens with zero attached hydrogens (tertiary/aromatic N) is 3. The SMILES string of the molecule is CCC(C#Cc1ccc(C)c(Cn2c(C(F)F)nn(C)c2=O)c1)(CC)OC. The van der Waals surface area contributed by atoms with E-state index in [4.69, 9.17) is 4.74 Å². The van der Waals surface area contributed by atoms with Crippen molar-refractivity contribution in [1.29, 1.82) is 0 Å². The molecule has 0 radical (unpaired) electrons. The zero-order valence-corrected chi connectivity index (χ0v) is 16.3. The fourth-order valence-corrected chi connectivity index (χ4v) is 2.88. The van der Waals surface area contributed by atoms with Crippen LogP contribution in [0.15, 0.2) is 23.0 Å². The molecular formula is C20H25F2N3O2. The summed E-state index contributed by atoms with van der Waals surface area (Å²) in [6.45, 7) is 5.92. The second-order valence-corrected chi connectivity index (χ2v) is 6.45. The van der Waals surface area contributed by atoms with Crippen LogP contribution in [-0.4, -0.2) is 27.1 Å². The number of hydrogen-bond acceptors (Lipinski definition) is 3. The topological polar surface area (TPSA) is 49.0 Å². The van der Waals surface area contributed by atoms with Crippen LogP contribution in [0.25, 0.3) is 0 Å². The molecule has 2 rings (SSSR count). The van der Waals surface area contributed by atoms with Gasteiger partial charge in [0.05, 0.1) is 6.54 Å². The van der Waals surface area contributed by atoms with Crippen molar-refractivity contribution < 1.29 is 13.5 Å². The van der Waals surface area contributed by atoms with Crippen molar-refractivity contribution in [2.24, 2.45) is 7.05 Å². The number of alkyl halides is 2. The smallest absolute Gasteiger partial charge is 0.346 e. The summed E-state index contributed by atoms with van der Waals surface area (Å²) in [5, 5.41) is 3.63. The van der Waals surface area contributed by atoms with Gasteiger partial charge in [-0.25, -0.2) is 18.3 Å². The average Bonchev–Trinajstić information content (AvgIpc) is 2.94. The number of rotatable bonds is 6. The van der Waals surface area contributed by atoms with Crippen molar-refractivity contribution in [1.82, 2.24) is 14.3 Å². The maximum absolute atomic E-state index is 13.2. The summed E-state index contributed by atoms with van der Waals surface area (Å²) in [6, 6.07) is 5.57. The monoisotopic (exact) mass is 377 g/mol. The van der Waals surface area contributed by atoms with Crippen molar-refractivity contribution in [2.75, 3.05) is 7.11 Å². The minimum absolute atomic E-state index is 0.0185. The van der Waals surface area contributed by atoms with Gasteiger partial charge in [0.2, 0.25) is 5.82 Å². The van der Waals surface area contributed by atoms with Gasteiger partial charge in [-0.05, 0) is 43.0 Å². The Morgan fingerprint density at radius 2 is 1.96 bits per heavy atom. The van der Waals surface area contributed by atoms with Crippen molar-refractivity contribution in [2.45, 2.75) is 52.2 Å². The Bertz CT molecular complexity index is 907. The van der Waals surface area contributed by atoms with Crippen LogP contribution >= 0.6 is 0 Å². The fourth-order valence-electron chi connectivity index (χ4n) is 2.88. The van der Waals surface area contributed by atoms with E-state index in [9.17, 15) is 13.6 Å². The minimum Gasteiger partial charge on any atom is -0.366 e. The molecule has 1 aromatic heterocycles. The average molecular weight is 377 g/mol. The Morgan fingerprint density at radius 3 is 2.52 bits per heavy atom. The number of methoxy groups -OCH3 is 1. The van der Waals surface area contributed by atoms with Crippen LogP contribution in [0.5, 0.6) is 0 Å². The molecule has 1 heterocycles. The van der Waals surface area contributed by atoms with E-state index in [1.54, 1.807) is 7.11 Å². The molecule has 0 unspecified atom stereocenters. The van der Waals surface area contributed by atoms with E-state index >= 15 is 0 Å². The van der Waals surface area contributed by atoms with E-state index in [0.29, 0.717) is 0 Å². The molecule has 146 valence electrons. The Kier molecular flexibility index (Phi) is 6.55. The largest absolute Gasteiger partial charge is 0.366 e. The molecule has 5 nitrogen and oxygen atoms in total. The quantitative estimate of drug-likeness (QED) is 0.725. The Labute approximate surface area is 158 Å². The molecule has 0 saturated carbocycles. The highest BCUT2D eigenvalue weighted by Gasteiger charge is 2.22. The molecule has 0 N–H and O–H groups in total. The summed E-state index contributed by atoms with van der Waals surface area (Å²) in [6.07, 6.45) is -1.30.